The van der Waals surface area contributed by atoms with E-state index in [9.17, 15) is 22.8 Å². The van der Waals surface area contributed by atoms with Crippen molar-refractivity contribution in [2.24, 2.45) is 7.05 Å². The Bertz CT molecular complexity index is 954. The van der Waals surface area contributed by atoms with Crippen molar-refractivity contribution in [3.63, 3.8) is 0 Å². The number of nitrogens with zero attached hydrogens (tertiary/aromatic N) is 3. The fraction of sp³-hybridized carbons (Fsp3) is 0.550. The van der Waals surface area contributed by atoms with Gasteiger partial charge in [-0.2, -0.15) is 18.3 Å². The topological polar surface area (TPSA) is 76.5 Å². The molecule has 7 nitrogen and oxygen atoms in total. The minimum atomic E-state index is -4.49. The summed E-state index contributed by atoms with van der Waals surface area (Å²) < 4.78 is 45.0. The zero-order valence-electron chi connectivity index (χ0n) is 17.7. The lowest BCUT2D eigenvalue weighted by Gasteiger charge is -2.32. The van der Waals surface area contributed by atoms with Crippen LogP contribution in [0.25, 0.3) is 10.6 Å². The molecule has 0 aliphatic carbocycles. The Morgan fingerprint density at radius 1 is 1.19 bits per heavy atom. The molecule has 2 aromatic rings. The molecule has 0 radical (unpaired) electrons. The molecule has 1 N–H and O–H groups in total. The number of thiophene rings is 1. The van der Waals surface area contributed by atoms with Crippen LogP contribution in [0.3, 0.4) is 0 Å². The van der Waals surface area contributed by atoms with Crippen LogP contribution >= 0.6 is 11.3 Å². The van der Waals surface area contributed by atoms with Crippen LogP contribution in [0.1, 0.15) is 49.0 Å². The van der Waals surface area contributed by atoms with E-state index in [1.807, 2.05) is 0 Å². The van der Waals surface area contributed by atoms with E-state index >= 15 is 0 Å². The third kappa shape index (κ3) is 5.78. The van der Waals surface area contributed by atoms with Crippen LogP contribution in [0.2, 0.25) is 0 Å². The molecule has 0 saturated carbocycles. The largest absolute Gasteiger partial charge is 0.444 e. The summed E-state index contributed by atoms with van der Waals surface area (Å²) in [6, 6.07) is 4.12. The van der Waals surface area contributed by atoms with E-state index < -0.39 is 23.6 Å². The molecular weight excluding hydrogens is 433 g/mol. The second-order valence-corrected chi connectivity index (χ2v) is 9.50. The normalized spacial score (nSPS) is 15.8. The number of halogens is 3. The van der Waals surface area contributed by atoms with E-state index in [-0.39, 0.29) is 17.6 Å². The maximum atomic E-state index is 13.0. The van der Waals surface area contributed by atoms with Crippen molar-refractivity contribution in [1.82, 2.24) is 20.0 Å². The first kappa shape index (κ1) is 23.1. The van der Waals surface area contributed by atoms with Gasteiger partial charge in [0.2, 0.25) is 0 Å². The van der Waals surface area contributed by atoms with Crippen molar-refractivity contribution in [3.8, 4) is 10.6 Å². The van der Waals surface area contributed by atoms with Gasteiger partial charge in [-0.05, 0) is 51.8 Å². The number of rotatable bonds is 3. The molecule has 0 unspecified atom stereocenters. The van der Waals surface area contributed by atoms with E-state index in [2.05, 4.69) is 10.4 Å². The standard InChI is InChI=1S/C20H25F3N4O3S/c1-19(2,3)30-18(29)24-12-7-9-27(10-8-12)17(28)15-6-5-14(31-15)13-11-16(20(21,22)23)26(4)25-13/h5-6,11-12H,7-10H2,1-4H3,(H,24,29). The number of carbonyl (C=O) groups is 2. The molecule has 3 heterocycles. The van der Waals surface area contributed by atoms with Crippen LogP contribution in [0, 0.1) is 0 Å². The first-order chi connectivity index (χ1) is 14.3. The van der Waals surface area contributed by atoms with Crippen molar-refractivity contribution < 1.29 is 27.5 Å². The lowest BCUT2D eigenvalue weighted by Crippen LogP contribution is -2.47. The minimum Gasteiger partial charge on any atom is -0.444 e. The number of alkyl halides is 3. The molecule has 2 aromatic heterocycles. The monoisotopic (exact) mass is 458 g/mol. The Kier molecular flexibility index (Phi) is 6.35. The second-order valence-electron chi connectivity index (χ2n) is 8.41. The molecule has 0 spiro atoms. The quantitative estimate of drug-likeness (QED) is 0.744. The molecule has 0 aromatic carbocycles. The van der Waals surface area contributed by atoms with E-state index in [1.165, 1.54) is 7.05 Å². The Hall–Kier alpha value is -2.56. The summed E-state index contributed by atoms with van der Waals surface area (Å²) in [6.45, 7) is 6.30. The number of likely N-dealkylation sites (tertiary alicyclic amines) is 1. The van der Waals surface area contributed by atoms with E-state index in [4.69, 9.17) is 4.74 Å². The Balaban J connectivity index is 1.59. The highest BCUT2D eigenvalue weighted by Gasteiger charge is 2.35. The van der Waals surface area contributed by atoms with Crippen LogP contribution in [0.15, 0.2) is 18.2 Å². The molecule has 31 heavy (non-hydrogen) atoms. The van der Waals surface area contributed by atoms with Gasteiger partial charge in [0.15, 0.2) is 0 Å². The van der Waals surface area contributed by atoms with Crippen LogP contribution in [0.4, 0.5) is 18.0 Å². The zero-order chi connectivity index (χ0) is 23.0. The molecule has 1 aliphatic heterocycles. The summed E-state index contributed by atoms with van der Waals surface area (Å²) in [5, 5.41) is 6.75. The minimum absolute atomic E-state index is 0.0768. The van der Waals surface area contributed by atoms with Gasteiger partial charge in [0.25, 0.3) is 5.91 Å². The summed E-state index contributed by atoms with van der Waals surface area (Å²) >= 11 is 1.11. The molecule has 2 amide bonds. The Morgan fingerprint density at radius 3 is 2.39 bits per heavy atom. The van der Waals surface area contributed by atoms with Crippen molar-refractivity contribution in [3.05, 3.63) is 28.8 Å². The number of ether oxygens (including phenoxy) is 1. The number of amides is 2. The van der Waals surface area contributed by atoms with Gasteiger partial charge in [0, 0.05) is 26.2 Å². The zero-order valence-corrected chi connectivity index (χ0v) is 18.6. The van der Waals surface area contributed by atoms with Crippen molar-refractivity contribution >= 4 is 23.3 Å². The number of hydrogen-bond donors (Lipinski definition) is 1. The number of hydrogen-bond acceptors (Lipinski definition) is 5. The highest BCUT2D eigenvalue weighted by atomic mass is 32.1. The SMILES string of the molecule is Cn1nc(-c2ccc(C(=O)N3CCC(NC(=O)OC(C)(C)C)CC3)s2)cc1C(F)(F)F. The average molecular weight is 459 g/mol. The fourth-order valence-corrected chi connectivity index (χ4v) is 4.23. The number of aryl methyl sites for hydroxylation is 1. The van der Waals surface area contributed by atoms with Gasteiger partial charge < -0.3 is 15.0 Å². The fourth-order valence-electron chi connectivity index (χ4n) is 3.30. The molecule has 1 aliphatic rings. The van der Waals surface area contributed by atoms with E-state index in [0.717, 1.165) is 22.1 Å². The van der Waals surface area contributed by atoms with Gasteiger partial charge in [-0.25, -0.2) is 4.79 Å². The molecule has 0 atom stereocenters. The second kappa shape index (κ2) is 8.52. The van der Waals surface area contributed by atoms with Gasteiger partial charge in [-0.1, -0.05) is 0 Å². The van der Waals surface area contributed by atoms with Gasteiger partial charge >= 0.3 is 12.3 Å². The lowest BCUT2D eigenvalue weighted by molar-refractivity contribution is -0.143. The molecule has 1 fully saturated rings. The summed E-state index contributed by atoms with van der Waals surface area (Å²) in [6.07, 6.45) is -3.78. The maximum absolute atomic E-state index is 13.0. The summed E-state index contributed by atoms with van der Waals surface area (Å²) in [5.41, 5.74) is -1.24. The number of alkyl carbamates (subject to hydrolysis) is 1. The first-order valence-electron chi connectivity index (χ1n) is 9.84. The predicted molar refractivity (Wildman–Crippen MR) is 110 cm³/mol. The predicted octanol–water partition coefficient (Wildman–Crippen LogP) is 4.30. The van der Waals surface area contributed by atoms with E-state index in [1.54, 1.807) is 37.8 Å². The maximum Gasteiger partial charge on any atom is 0.433 e. The molecule has 170 valence electrons. The molecule has 3 rings (SSSR count). The smallest absolute Gasteiger partial charge is 0.433 e. The Labute approximate surface area is 182 Å². The lowest BCUT2D eigenvalue weighted by atomic mass is 10.1. The number of aromatic nitrogens is 2. The number of piperidine rings is 1. The summed E-state index contributed by atoms with van der Waals surface area (Å²) in [7, 11) is 1.24. The number of carbonyl (C=O) groups excluding carboxylic acids is 2. The molecular formula is C20H25F3N4O3S. The Morgan fingerprint density at radius 2 is 1.84 bits per heavy atom. The highest BCUT2D eigenvalue weighted by Crippen LogP contribution is 2.34. The van der Waals surface area contributed by atoms with Crippen LogP contribution in [0.5, 0.6) is 0 Å². The summed E-state index contributed by atoms with van der Waals surface area (Å²) in [5.74, 6) is -0.182. The van der Waals surface area contributed by atoms with Crippen molar-refractivity contribution in [1.29, 1.82) is 0 Å². The van der Waals surface area contributed by atoms with Crippen LogP contribution in [-0.2, 0) is 18.0 Å². The molecule has 11 heteroatoms. The van der Waals surface area contributed by atoms with Crippen LogP contribution in [-0.4, -0.2) is 51.4 Å². The first-order valence-corrected chi connectivity index (χ1v) is 10.7. The van der Waals surface area contributed by atoms with Crippen LogP contribution < -0.4 is 5.32 Å². The third-order valence-corrected chi connectivity index (χ3v) is 5.84. The average Bonchev–Trinajstić information content (AvgIpc) is 3.26. The van der Waals surface area contributed by atoms with Crippen molar-refractivity contribution in [2.45, 2.75) is 51.4 Å². The molecule has 0 bridgehead atoms. The van der Waals surface area contributed by atoms with Gasteiger partial charge in [0.1, 0.15) is 17.0 Å². The van der Waals surface area contributed by atoms with Crippen molar-refractivity contribution in [2.75, 3.05) is 13.1 Å². The summed E-state index contributed by atoms with van der Waals surface area (Å²) in [4.78, 5) is 27.3. The molecule has 1 saturated heterocycles. The third-order valence-electron chi connectivity index (χ3n) is 4.74. The number of nitrogens with one attached hydrogen (secondary N) is 1. The van der Waals surface area contributed by atoms with E-state index in [0.29, 0.717) is 35.7 Å². The van der Waals surface area contributed by atoms with Gasteiger partial charge in [0.05, 0.1) is 9.75 Å². The van der Waals surface area contributed by atoms with Gasteiger partial charge in [-0.3, -0.25) is 9.48 Å². The highest BCUT2D eigenvalue weighted by molar-refractivity contribution is 7.17. The van der Waals surface area contributed by atoms with Gasteiger partial charge in [-0.15, -0.1) is 11.3 Å².